The maximum Gasteiger partial charge on any atom is 0.247 e. The average molecular weight is 553 g/mol. The molecule has 0 amide bonds. The van der Waals surface area contributed by atoms with Crippen molar-refractivity contribution < 1.29 is 20.1 Å². The molecule has 1 aliphatic rings. The number of hydrogen-bond donors (Lipinski definition) is 5. The van der Waals surface area contributed by atoms with Crippen LogP contribution >= 0.6 is 0 Å². The summed E-state index contributed by atoms with van der Waals surface area (Å²) in [6.07, 6.45) is -1.48. The van der Waals surface area contributed by atoms with Gasteiger partial charge in [0.05, 0.1) is 19.1 Å². The molecule has 12 heteroatoms. The molecule has 41 heavy (non-hydrogen) atoms. The maximum absolute atomic E-state index is 10.4. The lowest BCUT2D eigenvalue weighted by Crippen LogP contribution is -2.33. The Hall–Kier alpha value is -4.88. The summed E-state index contributed by atoms with van der Waals surface area (Å²) in [4.78, 5) is 15.0. The van der Waals surface area contributed by atoms with Gasteiger partial charge in [-0.05, 0) is 42.0 Å². The number of ether oxygens (including phenoxy) is 1. The van der Waals surface area contributed by atoms with E-state index in [-0.39, 0.29) is 17.4 Å². The molecule has 12 nitrogen and oxygen atoms in total. The van der Waals surface area contributed by atoms with Crippen LogP contribution in [0.3, 0.4) is 0 Å². The van der Waals surface area contributed by atoms with E-state index >= 15 is 0 Å². The summed E-state index contributed by atoms with van der Waals surface area (Å²) in [6.45, 7) is -0.447. The Morgan fingerprint density at radius 1 is 0.902 bits per heavy atom. The molecule has 4 unspecified atom stereocenters. The van der Waals surface area contributed by atoms with Crippen LogP contribution in [-0.4, -0.2) is 66.0 Å². The van der Waals surface area contributed by atoms with Crippen LogP contribution in [-0.2, 0) is 4.74 Å². The molecule has 6 N–H and O–H groups in total. The van der Waals surface area contributed by atoms with Gasteiger partial charge in [-0.1, -0.05) is 48.5 Å². The molecule has 208 valence electrons. The van der Waals surface area contributed by atoms with Crippen LogP contribution in [0.1, 0.15) is 11.8 Å². The number of aromatic nitrogens is 4. The van der Waals surface area contributed by atoms with Crippen LogP contribution in [0, 0.1) is 0 Å². The van der Waals surface area contributed by atoms with Crippen molar-refractivity contribution >= 4 is 46.2 Å². The monoisotopic (exact) mass is 552 g/mol. The summed E-state index contributed by atoms with van der Waals surface area (Å²) in [5.74, 6) is 0.208. The van der Waals surface area contributed by atoms with E-state index in [0.717, 1.165) is 22.6 Å². The minimum atomic E-state index is -1.29. The van der Waals surface area contributed by atoms with Gasteiger partial charge < -0.3 is 30.7 Å². The van der Waals surface area contributed by atoms with E-state index < -0.39 is 31.1 Å². The standard InChI is InChI=1S/C29H28N8O4/c30-26-23-27(36(17-31-23)28-25(40)24(39)22(16-38)41-28)34-29(33-26)35-32-15-18-11-13-21(14-12-18)37(19-7-3-1-4-8-19)20-9-5-2-6-10-20/h1-15,17,22,24-25,28,38-40H,16H2,(H3,30,33,34,35)/b32-15+. The van der Waals surface area contributed by atoms with E-state index in [0.29, 0.717) is 5.52 Å². The fourth-order valence-corrected chi connectivity index (χ4v) is 4.76. The summed E-state index contributed by atoms with van der Waals surface area (Å²) in [6, 6.07) is 28.2. The number of benzene rings is 3. The van der Waals surface area contributed by atoms with Gasteiger partial charge >= 0.3 is 0 Å². The highest BCUT2D eigenvalue weighted by atomic mass is 16.6. The number of aliphatic hydroxyl groups is 3. The normalized spacial score (nSPS) is 20.6. The Balaban J connectivity index is 1.21. The molecule has 5 aromatic rings. The second kappa shape index (κ2) is 11.3. The predicted molar refractivity (Wildman–Crippen MR) is 155 cm³/mol. The fraction of sp³-hybridized carbons (Fsp3) is 0.172. The van der Waals surface area contributed by atoms with Crippen LogP contribution in [0.5, 0.6) is 0 Å². The number of anilines is 5. The molecule has 1 fully saturated rings. The number of para-hydroxylation sites is 2. The molecule has 0 bridgehead atoms. The van der Waals surface area contributed by atoms with E-state index in [4.69, 9.17) is 10.5 Å². The number of nitrogens with two attached hydrogens (primary N) is 1. The SMILES string of the molecule is Nc1nc(N/N=C/c2ccc(N(c3ccccc3)c3ccccc3)cc2)nc2c1ncn2C1OC(CO)C(O)C1O. The zero-order valence-electron chi connectivity index (χ0n) is 21.8. The Bertz CT molecular complexity index is 1610. The van der Waals surface area contributed by atoms with Crippen molar-refractivity contribution in [3.8, 4) is 0 Å². The van der Waals surface area contributed by atoms with Crippen molar-refractivity contribution in [3.05, 3.63) is 96.8 Å². The molecule has 1 saturated heterocycles. The smallest absolute Gasteiger partial charge is 0.247 e. The highest BCUT2D eigenvalue weighted by Crippen LogP contribution is 2.34. The first-order chi connectivity index (χ1) is 20.0. The molecule has 0 aliphatic carbocycles. The largest absolute Gasteiger partial charge is 0.394 e. The molecule has 2 aromatic heterocycles. The molecule has 3 aromatic carbocycles. The number of hydrazone groups is 1. The van der Waals surface area contributed by atoms with E-state index in [1.807, 2.05) is 60.7 Å². The first kappa shape index (κ1) is 26.3. The van der Waals surface area contributed by atoms with Crippen molar-refractivity contribution in [2.45, 2.75) is 24.5 Å². The van der Waals surface area contributed by atoms with Crippen LogP contribution in [0.2, 0.25) is 0 Å². The van der Waals surface area contributed by atoms with Crippen LogP contribution in [0.4, 0.5) is 28.8 Å². The number of aliphatic hydroxyl groups excluding tert-OH is 3. The molecule has 4 atom stereocenters. The Labute approximate surface area is 235 Å². The molecule has 0 spiro atoms. The lowest BCUT2D eigenvalue weighted by Gasteiger charge is -2.25. The van der Waals surface area contributed by atoms with E-state index in [9.17, 15) is 15.3 Å². The molecule has 0 radical (unpaired) electrons. The minimum absolute atomic E-state index is 0.101. The van der Waals surface area contributed by atoms with Crippen LogP contribution < -0.4 is 16.1 Å². The lowest BCUT2D eigenvalue weighted by atomic mass is 10.1. The second-order valence-electron chi connectivity index (χ2n) is 9.45. The maximum atomic E-state index is 10.4. The van der Waals surface area contributed by atoms with E-state index in [1.54, 1.807) is 6.21 Å². The molecule has 0 saturated carbocycles. The molecule has 6 rings (SSSR count). The van der Waals surface area contributed by atoms with Crippen molar-refractivity contribution in [2.24, 2.45) is 5.10 Å². The third-order valence-corrected chi connectivity index (χ3v) is 6.80. The van der Waals surface area contributed by atoms with E-state index in [1.165, 1.54) is 10.9 Å². The van der Waals surface area contributed by atoms with Crippen molar-refractivity contribution in [3.63, 3.8) is 0 Å². The first-order valence-corrected chi connectivity index (χ1v) is 13.0. The Morgan fingerprint density at radius 3 is 2.15 bits per heavy atom. The number of nitrogen functional groups attached to an aromatic ring is 1. The van der Waals surface area contributed by atoms with Gasteiger partial charge in [0.1, 0.15) is 23.8 Å². The third kappa shape index (κ3) is 5.19. The topological polar surface area (TPSA) is 167 Å². The summed E-state index contributed by atoms with van der Waals surface area (Å²) in [5.41, 5.74) is 13.4. The van der Waals surface area contributed by atoms with Gasteiger partial charge in [-0.25, -0.2) is 10.4 Å². The fourth-order valence-electron chi connectivity index (χ4n) is 4.76. The number of fused-ring (bicyclic) bond motifs is 1. The number of imidazole rings is 1. The highest BCUT2D eigenvalue weighted by Gasteiger charge is 2.44. The second-order valence-corrected chi connectivity index (χ2v) is 9.45. The highest BCUT2D eigenvalue weighted by molar-refractivity contribution is 5.84. The molecular weight excluding hydrogens is 524 g/mol. The summed E-state index contributed by atoms with van der Waals surface area (Å²) < 4.78 is 7.05. The van der Waals surface area contributed by atoms with Gasteiger partial charge in [0, 0.05) is 17.1 Å². The first-order valence-electron chi connectivity index (χ1n) is 13.0. The quantitative estimate of drug-likeness (QED) is 0.143. The molecular formula is C29H28N8O4. The Morgan fingerprint density at radius 2 is 1.54 bits per heavy atom. The van der Waals surface area contributed by atoms with Gasteiger partial charge in [-0.15, -0.1) is 0 Å². The van der Waals surface area contributed by atoms with Crippen LogP contribution in [0.15, 0.2) is 96.4 Å². The third-order valence-electron chi connectivity index (χ3n) is 6.80. The zero-order valence-corrected chi connectivity index (χ0v) is 21.8. The summed E-state index contributed by atoms with van der Waals surface area (Å²) >= 11 is 0. The number of nitrogens with one attached hydrogen (secondary N) is 1. The van der Waals surface area contributed by atoms with Crippen molar-refractivity contribution in [2.75, 3.05) is 22.7 Å². The predicted octanol–water partition coefficient (Wildman–Crippen LogP) is 2.94. The van der Waals surface area contributed by atoms with Crippen molar-refractivity contribution in [1.82, 2.24) is 19.5 Å². The molecule has 1 aliphatic heterocycles. The molecule has 3 heterocycles. The van der Waals surface area contributed by atoms with Crippen LogP contribution in [0.25, 0.3) is 11.2 Å². The zero-order chi connectivity index (χ0) is 28.3. The van der Waals surface area contributed by atoms with Gasteiger partial charge in [-0.3, -0.25) is 4.57 Å². The minimum Gasteiger partial charge on any atom is -0.394 e. The van der Waals surface area contributed by atoms with Gasteiger partial charge in [0.15, 0.2) is 17.7 Å². The summed E-state index contributed by atoms with van der Waals surface area (Å²) in [5, 5.41) is 34.2. The van der Waals surface area contributed by atoms with Gasteiger partial charge in [-0.2, -0.15) is 15.1 Å². The number of hydrogen-bond acceptors (Lipinski definition) is 11. The number of rotatable bonds is 8. The Kier molecular flexibility index (Phi) is 7.27. The van der Waals surface area contributed by atoms with E-state index in [2.05, 4.69) is 54.6 Å². The van der Waals surface area contributed by atoms with Crippen molar-refractivity contribution in [1.29, 1.82) is 0 Å². The van der Waals surface area contributed by atoms with Gasteiger partial charge in [0.25, 0.3) is 0 Å². The lowest BCUT2D eigenvalue weighted by molar-refractivity contribution is -0.0511. The van der Waals surface area contributed by atoms with Gasteiger partial charge in [0.2, 0.25) is 5.95 Å². The summed E-state index contributed by atoms with van der Waals surface area (Å²) in [7, 11) is 0. The average Bonchev–Trinajstić information content (AvgIpc) is 3.55. The number of nitrogens with zero attached hydrogens (tertiary/aromatic N) is 6.